The van der Waals surface area contributed by atoms with Crippen LogP contribution in [-0.4, -0.2) is 29.0 Å². The van der Waals surface area contributed by atoms with Crippen LogP contribution in [-0.2, 0) is 11.2 Å². The van der Waals surface area contributed by atoms with E-state index >= 15 is 0 Å². The molecule has 0 unspecified atom stereocenters. The highest BCUT2D eigenvalue weighted by atomic mass is 35.5. The van der Waals surface area contributed by atoms with Crippen molar-refractivity contribution in [2.24, 2.45) is 0 Å². The van der Waals surface area contributed by atoms with Gasteiger partial charge in [0.1, 0.15) is 11.6 Å². The summed E-state index contributed by atoms with van der Waals surface area (Å²) >= 11 is 6.23. The monoisotopic (exact) mass is 409 g/mol. The Labute approximate surface area is 173 Å². The second kappa shape index (κ2) is 7.97. The van der Waals surface area contributed by atoms with E-state index in [2.05, 4.69) is 20.6 Å². The van der Waals surface area contributed by atoms with Crippen LogP contribution in [0.15, 0.2) is 42.5 Å². The zero-order valence-electron chi connectivity index (χ0n) is 15.8. The molecule has 0 saturated carbocycles. The van der Waals surface area contributed by atoms with Crippen LogP contribution in [0.1, 0.15) is 11.1 Å². The number of amides is 1. The number of aromatic nitrogens is 2. The number of hydrogen-bond donors (Lipinski definition) is 3. The van der Waals surface area contributed by atoms with Crippen molar-refractivity contribution in [1.82, 2.24) is 9.97 Å². The summed E-state index contributed by atoms with van der Waals surface area (Å²) in [7, 11) is 0. The molecule has 7 nitrogen and oxygen atoms in total. The summed E-state index contributed by atoms with van der Waals surface area (Å²) in [5.41, 5.74) is 10.2. The second-order valence-corrected chi connectivity index (χ2v) is 7.16. The van der Waals surface area contributed by atoms with Crippen LogP contribution in [0.5, 0.6) is 5.75 Å². The summed E-state index contributed by atoms with van der Waals surface area (Å²) in [6.07, 6.45) is 0.735. The van der Waals surface area contributed by atoms with Gasteiger partial charge in [0.2, 0.25) is 5.95 Å². The Morgan fingerprint density at radius 1 is 1.24 bits per heavy atom. The molecule has 2 aromatic carbocycles. The van der Waals surface area contributed by atoms with Gasteiger partial charge in [-0.25, -0.2) is 4.98 Å². The van der Waals surface area contributed by atoms with Crippen LogP contribution in [0.2, 0.25) is 5.02 Å². The lowest BCUT2D eigenvalue weighted by Crippen LogP contribution is -2.25. The standard InChI is InChI=1S/C21H20ClN5O2/c1-12-14(3-2-4-15(12)22)16-10-19(27-21(23)26-16)24-8-7-13-5-6-18-17(9-13)25-20(28)11-29-18/h2-6,9-10H,7-8,11H2,1H3,(H,25,28)(H3,23,24,26,27). The molecule has 1 aromatic heterocycles. The fourth-order valence-corrected chi connectivity index (χ4v) is 3.37. The molecule has 3 aromatic rings. The molecule has 29 heavy (non-hydrogen) atoms. The second-order valence-electron chi connectivity index (χ2n) is 6.75. The van der Waals surface area contributed by atoms with E-state index in [-0.39, 0.29) is 18.5 Å². The van der Waals surface area contributed by atoms with Crippen LogP contribution in [0.3, 0.4) is 0 Å². The molecule has 0 aliphatic carbocycles. The average Bonchev–Trinajstić information content (AvgIpc) is 2.69. The molecule has 0 fully saturated rings. The summed E-state index contributed by atoms with van der Waals surface area (Å²) in [6.45, 7) is 2.64. The average molecular weight is 410 g/mol. The van der Waals surface area contributed by atoms with Crippen molar-refractivity contribution >= 4 is 35.0 Å². The maximum atomic E-state index is 11.5. The van der Waals surface area contributed by atoms with Crippen LogP contribution in [0.25, 0.3) is 11.3 Å². The molecule has 0 bridgehead atoms. The fourth-order valence-electron chi connectivity index (χ4n) is 3.20. The number of carbonyl (C=O) groups is 1. The Kier molecular flexibility index (Phi) is 5.22. The predicted molar refractivity (Wildman–Crippen MR) is 114 cm³/mol. The minimum absolute atomic E-state index is 0.0530. The lowest BCUT2D eigenvalue weighted by Gasteiger charge is -2.18. The van der Waals surface area contributed by atoms with Crippen molar-refractivity contribution in [2.45, 2.75) is 13.3 Å². The maximum Gasteiger partial charge on any atom is 0.262 e. The molecule has 1 aliphatic heterocycles. The van der Waals surface area contributed by atoms with E-state index < -0.39 is 0 Å². The smallest absolute Gasteiger partial charge is 0.262 e. The third kappa shape index (κ3) is 4.25. The first-order valence-corrected chi connectivity index (χ1v) is 9.57. The summed E-state index contributed by atoms with van der Waals surface area (Å²) in [5.74, 6) is 1.37. The molecule has 0 saturated heterocycles. The Balaban J connectivity index is 1.47. The normalized spacial score (nSPS) is 12.7. The third-order valence-corrected chi connectivity index (χ3v) is 5.09. The molecule has 0 radical (unpaired) electrons. The van der Waals surface area contributed by atoms with Gasteiger partial charge in [0, 0.05) is 23.2 Å². The first-order chi connectivity index (χ1) is 14.0. The molecule has 0 spiro atoms. The van der Waals surface area contributed by atoms with Gasteiger partial charge in [0.25, 0.3) is 5.91 Å². The molecule has 4 rings (SSSR count). The summed E-state index contributed by atoms with van der Waals surface area (Å²) < 4.78 is 5.38. The van der Waals surface area contributed by atoms with Crippen LogP contribution in [0.4, 0.5) is 17.5 Å². The largest absolute Gasteiger partial charge is 0.482 e. The number of anilines is 3. The minimum atomic E-state index is -0.145. The Morgan fingerprint density at radius 2 is 2.10 bits per heavy atom. The highest BCUT2D eigenvalue weighted by Crippen LogP contribution is 2.30. The number of hydrogen-bond acceptors (Lipinski definition) is 6. The van der Waals surface area contributed by atoms with Gasteiger partial charge in [-0.2, -0.15) is 4.98 Å². The number of nitrogen functional groups attached to an aromatic ring is 1. The number of halogens is 1. The van der Waals surface area contributed by atoms with E-state index in [1.54, 1.807) is 0 Å². The topological polar surface area (TPSA) is 102 Å². The number of nitrogens with zero attached hydrogens (tertiary/aromatic N) is 2. The van der Waals surface area contributed by atoms with Gasteiger partial charge in [-0.05, 0) is 42.7 Å². The van der Waals surface area contributed by atoms with Crippen LogP contribution < -0.4 is 21.1 Å². The van der Waals surface area contributed by atoms with Crippen LogP contribution >= 0.6 is 11.6 Å². The molecule has 8 heteroatoms. The van der Waals surface area contributed by atoms with Gasteiger partial charge in [-0.3, -0.25) is 4.79 Å². The first kappa shape index (κ1) is 19.0. The Bertz CT molecular complexity index is 1090. The lowest BCUT2D eigenvalue weighted by atomic mass is 10.1. The Hall–Kier alpha value is -3.32. The SMILES string of the molecule is Cc1c(Cl)cccc1-c1cc(NCCc2ccc3c(c2)NC(=O)CO3)nc(N)n1. The molecule has 1 aliphatic rings. The number of benzene rings is 2. The quantitative estimate of drug-likeness (QED) is 0.594. The highest BCUT2D eigenvalue weighted by molar-refractivity contribution is 6.31. The van der Waals surface area contributed by atoms with Crippen molar-refractivity contribution < 1.29 is 9.53 Å². The van der Waals surface area contributed by atoms with E-state index in [1.807, 2.05) is 49.4 Å². The summed E-state index contributed by atoms with van der Waals surface area (Å²) in [5, 5.41) is 6.78. The van der Waals surface area contributed by atoms with Gasteiger partial charge in [-0.15, -0.1) is 0 Å². The molecule has 0 atom stereocenters. The fraction of sp³-hybridized carbons (Fsp3) is 0.190. The molecule has 148 valence electrons. The number of carbonyl (C=O) groups excluding carboxylic acids is 1. The molecular weight excluding hydrogens is 390 g/mol. The van der Waals surface area contributed by atoms with E-state index in [0.29, 0.717) is 34.5 Å². The number of ether oxygens (including phenoxy) is 1. The number of nitrogens with two attached hydrogens (primary N) is 1. The Morgan fingerprint density at radius 3 is 2.97 bits per heavy atom. The number of rotatable bonds is 5. The zero-order valence-corrected chi connectivity index (χ0v) is 16.6. The van der Waals surface area contributed by atoms with Crippen molar-refractivity contribution in [2.75, 3.05) is 29.5 Å². The van der Waals surface area contributed by atoms with Crippen molar-refractivity contribution in [3.63, 3.8) is 0 Å². The number of nitrogens with one attached hydrogen (secondary N) is 2. The molecule has 4 N–H and O–H groups in total. The van der Waals surface area contributed by atoms with Crippen molar-refractivity contribution in [3.05, 3.63) is 58.6 Å². The van der Waals surface area contributed by atoms with Gasteiger partial charge < -0.3 is 21.1 Å². The zero-order chi connectivity index (χ0) is 20.4. The molecule has 2 heterocycles. The summed E-state index contributed by atoms with van der Waals surface area (Å²) in [6, 6.07) is 13.3. The van der Waals surface area contributed by atoms with E-state index in [9.17, 15) is 4.79 Å². The van der Waals surface area contributed by atoms with Crippen molar-refractivity contribution in [1.29, 1.82) is 0 Å². The third-order valence-electron chi connectivity index (χ3n) is 4.68. The van der Waals surface area contributed by atoms with E-state index in [0.717, 1.165) is 23.1 Å². The predicted octanol–water partition coefficient (Wildman–Crippen LogP) is 3.67. The maximum absolute atomic E-state index is 11.5. The van der Waals surface area contributed by atoms with Gasteiger partial charge in [0.05, 0.1) is 11.4 Å². The number of fused-ring (bicyclic) bond motifs is 1. The summed E-state index contributed by atoms with van der Waals surface area (Å²) in [4.78, 5) is 20.1. The molecular formula is C21H20ClN5O2. The van der Waals surface area contributed by atoms with Crippen LogP contribution in [0, 0.1) is 6.92 Å². The van der Waals surface area contributed by atoms with E-state index in [1.165, 1.54) is 0 Å². The lowest BCUT2D eigenvalue weighted by molar-refractivity contribution is -0.118. The highest BCUT2D eigenvalue weighted by Gasteiger charge is 2.16. The minimum Gasteiger partial charge on any atom is -0.482 e. The van der Waals surface area contributed by atoms with Gasteiger partial charge in [-0.1, -0.05) is 29.8 Å². The van der Waals surface area contributed by atoms with Gasteiger partial charge in [0.15, 0.2) is 6.61 Å². The van der Waals surface area contributed by atoms with Crippen molar-refractivity contribution in [3.8, 4) is 17.0 Å². The van der Waals surface area contributed by atoms with E-state index in [4.69, 9.17) is 22.1 Å². The first-order valence-electron chi connectivity index (χ1n) is 9.19. The molecule has 1 amide bonds. The van der Waals surface area contributed by atoms with Gasteiger partial charge >= 0.3 is 0 Å².